The van der Waals surface area contributed by atoms with Crippen molar-refractivity contribution >= 4 is 23.4 Å². The molecule has 2 N–H and O–H groups in total. The van der Waals surface area contributed by atoms with Gasteiger partial charge >= 0.3 is 0 Å². The maximum Gasteiger partial charge on any atom is 0.191 e. The van der Waals surface area contributed by atoms with E-state index in [0.717, 1.165) is 36.3 Å². The molecule has 1 aromatic rings. The summed E-state index contributed by atoms with van der Waals surface area (Å²) in [4.78, 5) is 9.05. The molecule has 0 amide bonds. The minimum absolute atomic E-state index is 0.501. The second-order valence-electron chi connectivity index (χ2n) is 5.61. The van der Waals surface area contributed by atoms with Gasteiger partial charge in [0.05, 0.1) is 0 Å². The van der Waals surface area contributed by atoms with Gasteiger partial charge in [0.25, 0.3) is 0 Å². The number of rotatable bonds is 8. The summed E-state index contributed by atoms with van der Waals surface area (Å²) in [7, 11) is 0. The predicted molar refractivity (Wildman–Crippen MR) is 87.7 cm³/mol. The molecule has 4 nitrogen and oxygen atoms in total. The average Bonchev–Trinajstić information content (AvgIpc) is 2.44. The maximum atomic E-state index is 4.56. The van der Waals surface area contributed by atoms with Gasteiger partial charge < -0.3 is 10.6 Å². The smallest absolute Gasteiger partial charge is 0.191 e. The third kappa shape index (κ3) is 3.78. The number of hydrogen-bond acceptors (Lipinski definition) is 5. The van der Waals surface area contributed by atoms with Crippen LogP contribution in [-0.2, 0) is 0 Å². The topological polar surface area (TPSA) is 49.8 Å². The lowest BCUT2D eigenvalue weighted by molar-refractivity contribution is 0.145. The van der Waals surface area contributed by atoms with E-state index in [-0.39, 0.29) is 0 Å². The molecule has 0 aliphatic heterocycles. The summed E-state index contributed by atoms with van der Waals surface area (Å²) in [6.45, 7) is 6.43. The van der Waals surface area contributed by atoms with E-state index < -0.39 is 0 Å². The molecule has 1 heterocycles. The van der Waals surface area contributed by atoms with Crippen LogP contribution in [0.4, 0.5) is 11.6 Å². The first kappa shape index (κ1) is 15.4. The van der Waals surface area contributed by atoms with Crippen LogP contribution in [0, 0.1) is 5.41 Å². The van der Waals surface area contributed by atoms with Crippen LogP contribution in [0.15, 0.2) is 11.2 Å². The van der Waals surface area contributed by atoms with Crippen LogP contribution in [0.3, 0.4) is 0 Å². The van der Waals surface area contributed by atoms with Gasteiger partial charge in [-0.05, 0) is 37.4 Å². The third-order valence-corrected chi connectivity index (χ3v) is 4.80. The van der Waals surface area contributed by atoms with Crippen molar-refractivity contribution < 1.29 is 0 Å². The Morgan fingerprint density at radius 2 is 1.90 bits per heavy atom. The fourth-order valence-corrected chi connectivity index (χ4v) is 2.94. The van der Waals surface area contributed by atoms with Crippen molar-refractivity contribution in [1.82, 2.24) is 9.97 Å². The van der Waals surface area contributed by atoms with E-state index in [2.05, 4.69) is 34.4 Å². The number of thioether (sulfide) groups is 1. The Morgan fingerprint density at radius 3 is 2.40 bits per heavy atom. The molecule has 1 fully saturated rings. The highest BCUT2D eigenvalue weighted by Gasteiger charge is 2.34. The summed E-state index contributed by atoms with van der Waals surface area (Å²) in [6, 6.07) is 2.03. The zero-order chi connectivity index (χ0) is 14.4. The molecule has 1 saturated carbocycles. The second-order valence-corrected chi connectivity index (χ2v) is 6.39. The number of aromatic nitrogens is 2. The summed E-state index contributed by atoms with van der Waals surface area (Å²) >= 11 is 1.59. The highest BCUT2D eigenvalue weighted by molar-refractivity contribution is 7.98. The monoisotopic (exact) mass is 294 g/mol. The Hall–Kier alpha value is -0.970. The molecule has 5 heteroatoms. The summed E-state index contributed by atoms with van der Waals surface area (Å²) < 4.78 is 0. The van der Waals surface area contributed by atoms with Crippen molar-refractivity contribution in [2.24, 2.45) is 5.41 Å². The highest BCUT2D eigenvalue weighted by atomic mass is 32.2. The van der Waals surface area contributed by atoms with Crippen LogP contribution >= 0.6 is 11.8 Å². The minimum Gasteiger partial charge on any atom is -0.370 e. The van der Waals surface area contributed by atoms with Crippen LogP contribution in [0.5, 0.6) is 0 Å². The van der Waals surface area contributed by atoms with Gasteiger partial charge in [0, 0.05) is 19.2 Å². The first-order valence-corrected chi connectivity index (χ1v) is 8.84. The zero-order valence-electron chi connectivity index (χ0n) is 12.8. The summed E-state index contributed by atoms with van der Waals surface area (Å²) in [5.74, 6) is 1.87. The number of nitrogens with zero attached hydrogens (tertiary/aromatic N) is 2. The van der Waals surface area contributed by atoms with Gasteiger partial charge in [0.15, 0.2) is 5.16 Å². The van der Waals surface area contributed by atoms with Crippen LogP contribution in [-0.4, -0.2) is 29.3 Å². The molecular weight excluding hydrogens is 268 g/mol. The Bertz CT molecular complexity index is 426. The van der Waals surface area contributed by atoms with Crippen molar-refractivity contribution in [3.05, 3.63) is 6.07 Å². The molecule has 0 aromatic carbocycles. The SMILES string of the molecule is CCCNc1cc(NCC2(CC)CCC2)nc(SC)n1. The Labute approximate surface area is 126 Å². The molecule has 0 spiro atoms. The van der Waals surface area contributed by atoms with E-state index in [1.54, 1.807) is 11.8 Å². The molecule has 1 aliphatic carbocycles. The summed E-state index contributed by atoms with van der Waals surface area (Å²) in [5, 5.41) is 7.70. The van der Waals surface area contributed by atoms with Gasteiger partial charge in [-0.25, -0.2) is 9.97 Å². The fourth-order valence-electron chi connectivity index (χ4n) is 2.56. The van der Waals surface area contributed by atoms with Gasteiger partial charge in [-0.3, -0.25) is 0 Å². The lowest BCUT2D eigenvalue weighted by Gasteiger charge is -2.41. The zero-order valence-corrected chi connectivity index (χ0v) is 13.6. The number of anilines is 2. The van der Waals surface area contributed by atoms with Gasteiger partial charge in [0.2, 0.25) is 0 Å². The molecule has 1 aromatic heterocycles. The van der Waals surface area contributed by atoms with Crippen LogP contribution < -0.4 is 10.6 Å². The van der Waals surface area contributed by atoms with Crippen molar-refractivity contribution in [3.63, 3.8) is 0 Å². The van der Waals surface area contributed by atoms with Crippen molar-refractivity contribution in [2.75, 3.05) is 30.0 Å². The molecule has 0 atom stereocenters. The van der Waals surface area contributed by atoms with Crippen LogP contribution in [0.1, 0.15) is 46.0 Å². The van der Waals surface area contributed by atoms with Crippen molar-refractivity contribution in [3.8, 4) is 0 Å². The Kier molecular flexibility index (Phi) is 5.52. The lowest BCUT2D eigenvalue weighted by Crippen LogP contribution is -2.36. The molecule has 0 unspecified atom stereocenters. The van der Waals surface area contributed by atoms with Gasteiger partial charge in [-0.1, -0.05) is 32.0 Å². The van der Waals surface area contributed by atoms with E-state index in [0.29, 0.717) is 5.41 Å². The molecule has 112 valence electrons. The van der Waals surface area contributed by atoms with Gasteiger partial charge in [-0.2, -0.15) is 0 Å². The fraction of sp³-hybridized carbons (Fsp3) is 0.733. The van der Waals surface area contributed by atoms with E-state index in [4.69, 9.17) is 0 Å². The van der Waals surface area contributed by atoms with Crippen LogP contribution in [0.2, 0.25) is 0 Å². The van der Waals surface area contributed by atoms with E-state index in [1.165, 1.54) is 25.7 Å². The highest BCUT2D eigenvalue weighted by Crippen LogP contribution is 2.43. The normalized spacial score (nSPS) is 16.6. The molecule has 1 aliphatic rings. The molecule has 0 saturated heterocycles. The molecular formula is C15H26N4S. The van der Waals surface area contributed by atoms with E-state index in [1.807, 2.05) is 12.3 Å². The van der Waals surface area contributed by atoms with Crippen LogP contribution in [0.25, 0.3) is 0 Å². The van der Waals surface area contributed by atoms with Crippen molar-refractivity contribution in [1.29, 1.82) is 0 Å². The lowest BCUT2D eigenvalue weighted by atomic mass is 9.67. The predicted octanol–water partition coefficient (Wildman–Crippen LogP) is 4.01. The third-order valence-electron chi connectivity index (χ3n) is 4.25. The summed E-state index contributed by atoms with van der Waals surface area (Å²) in [6.07, 6.45) is 8.43. The molecule has 2 rings (SSSR count). The van der Waals surface area contributed by atoms with Gasteiger partial charge in [-0.15, -0.1) is 0 Å². The van der Waals surface area contributed by atoms with Gasteiger partial charge in [0.1, 0.15) is 11.6 Å². The Morgan fingerprint density at radius 1 is 1.20 bits per heavy atom. The quantitative estimate of drug-likeness (QED) is 0.560. The summed E-state index contributed by atoms with van der Waals surface area (Å²) in [5.41, 5.74) is 0.501. The number of hydrogen-bond donors (Lipinski definition) is 2. The molecule has 0 radical (unpaired) electrons. The first-order chi connectivity index (χ1) is 9.71. The van der Waals surface area contributed by atoms with Crippen molar-refractivity contribution in [2.45, 2.75) is 51.1 Å². The molecule has 0 bridgehead atoms. The average molecular weight is 294 g/mol. The molecule has 20 heavy (non-hydrogen) atoms. The largest absolute Gasteiger partial charge is 0.370 e. The van der Waals surface area contributed by atoms with E-state index in [9.17, 15) is 0 Å². The maximum absolute atomic E-state index is 4.56. The second kappa shape index (κ2) is 7.16. The first-order valence-electron chi connectivity index (χ1n) is 7.62. The Balaban J connectivity index is 2.02. The number of nitrogens with one attached hydrogen (secondary N) is 2. The van der Waals surface area contributed by atoms with E-state index >= 15 is 0 Å². The minimum atomic E-state index is 0.501. The standard InChI is InChI=1S/C15H26N4S/c1-4-9-16-12-10-13(19-14(18-12)20-3)17-11-15(5-2)7-6-8-15/h10H,4-9,11H2,1-3H3,(H2,16,17,18,19).